The molecule has 0 heterocycles. The van der Waals surface area contributed by atoms with E-state index in [1.54, 1.807) is 0 Å². The lowest BCUT2D eigenvalue weighted by Gasteiger charge is -2.12. The molecule has 0 spiro atoms. The van der Waals surface area contributed by atoms with Crippen molar-refractivity contribution in [1.82, 2.24) is 0 Å². The average molecular weight is 416 g/mol. The molecule has 0 radical (unpaired) electrons. The first kappa shape index (κ1) is 21.9. The van der Waals surface area contributed by atoms with Crippen molar-refractivity contribution in [3.05, 3.63) is 64.5 Å². The van der Waals surface area contributed by atoms with Crippen LogP contribution >= 0.6 is 0 Å². The van der Waals surface area contributed by atoms with E-state index < -0.39 is 52.6 Å². The number of nitrogens with two attached hydrogens (primary N) is 1. The van der Waals surface area contributed by atoms with Gasteiger partial charge < -0.3 is 11.2 Å². The summed E-state index contributed by atoms with van der Waals surface area (Å²) in [4.78, 5) is 15.6. The summed E-state index contributed by atoms with van der Waals surface area (Å²) in [6.45, 7) is 0. The molecule has 0 aliphatic heterocycles. The van der Waals surface area contributed by atoms with Crippen LogP contribution in [0.2, 0.25) is 0 Å². The molecule has 2 rings (SSSR count). The molecular weight excluding hydrogens is 402 g/mol. The summed E-state index contributed by atoms with van der Waals surface area (Å²) in [7, 11) is 1.34. The van der Waals surface area contributed by atoms with E-state index in [-0.39, 0.29) is 11.4 Å². The van der Waals surface area contributed by atoms with Gasteiger partial charge in [-0.1, -0.05) is 12.1 Å². The van der Waals surface area contributed by atoms with Crippen molar-refractivity contribution in [3.8, 4) is 0 Å². The molecule has 3 N–H and O–H groups in total. The standard InChI is InChI=1S/C18H14F6N4O/c1-26-8-14(28-25)16-12(19)6-10(7-13(16)20)27-15(29)5-9-3-2-4-11(17(9)21)18(22,23)24/h2-4,6-8H,5,25H2,1H3,(H,27,29)/b26-8?,28-14+. The summed E-state index contributed by atoms with van der Waals surface area (Å²) in [5.41, 5.74) is -3.24. The van der Waals surface area contributed by atoms with Crippen LogP contribution in [-0.4, -0.2) is 24.9 Å². The van der Waals surface area contributed by atoms with Gasteiger partial charge in [-0.15, -0.1) is 0 Å². The van der Waals surface area contributed by atoms with E-state index in [9.17, 15) is 31.1 Å². The SMILES string of the molecule is CN=C/C(=N\N)c1c(F)cc(NC(=O)Cc2cccc(C(F)(F)F)c2F)cc1F. The first-order valence-corrected chi connectivity index (χ1v) is 7.92. The van der Waals surface area contributed by atoms with Crippen LogP contribution in [-0.2, 0) is 17.4 Å². The predicted octanol–water partition coefficient (Wildman–Crippen LogP) is 3.67. The van der Waals surface area contributed by atoms with E-state index in [1.165, 1.54) is 7.05 Å². The second kappa shape index (κ2) is 8.76. The molecule has 0 saturated heterocycles. The molecule has 29 heavy (non-hydrogen) atoms. The molecule has 1 amide bonds. The third kappa shape index (κ3) is 5.12. The smallest absolute Gasteiger partial charge is 0.326 e. The highest BCUT2D eigenvalue weighted by Gasteiger charge is 2.35. The van der Waals surface area contributed by atoms with Crippen molar-refractivity contribution in [3.63, 3.8) is 0 Å². The van der Waals surface area contributed by atoms with E-state index in [2.05, 4.69) is 15.4 Å². The van der Waals surface area contributed by atoms with Crippen LogP contribution in [0.25, 0.3) is 0 Å². The number of carbonyl (C=O) groups is 1. The molecule has 0 unspecified atom stereocenters. The van der Waals surface area contributed by atoms with Crippen LogP contribution in [0.3, 0.4) is 0 Å². The number of hydrazone groups is 1. The number of hydrogen-bond acceptors (Lipinski definition) is 4. The van der Waals surface area contributed by atoms with Gasteiger partial charge in [0, 0.05) is 18.9 Å². The fraction of sp³-hybridized carbons (Fsp3) is 0.167. The first-order chi connectivity index (χ1) is 13.6. The van der Waals surface area contributed by atoms with Crippen LogP contribution in [0.5, 0.6) is 0 Å². The Bertz CT molecular complexity index is 962. The van der Waals surface area contributed by atoms with Crippen molar-refractivity contribution in [2.45, 2.75) is 12.6 Å². The minimum absolute atomic E-state index is 0.286. The largest absolute Gasteiger partial charge is 0.419 e. The number of nitrogens with one attached hydrogen (secondary N) is 1. The molecule has 0 fully saturated rings. The van der Waals surface area contributed by atoms with Gasteiger partial charge in [0.15, 0.2) is 0 Å². The van der Waals surface area contributed by atoms with E-state index >= 15 is 0 Å². The number of nitrogens with zero attached hydrogens (tertiary/aromatic N) is 2. The molecule has 2 aromatic rings. The van der Waals surface area contributed by atoms with Crippen LogP contribution < -0.4 is 11.2 Å². The quantitative estimate of drug-likeness (QED) is 0.338. The minimum atomic E-state index is -4.93. The third-order valence-corrected chi connectivity index (χ3v) is 3.71. The van der Waals surface area contributed by atoms with E-state index in [1.807, 2.05) is 0 Å². The summed E-state index contributed by atoms with van der Waals surface area (Å²) in [5.74, 6) is 0.270. The molecule has 5 nitrogen and oxygen atoms in total. The highest BCUT2D eigenvalue weighted by molar-refractivity contribution is 6.38. The third-order valence-electron chi connectivity index (χ3n) is 3.71. The Labute approximate surface area is 160 Å². The fourth-order valence-corrected chi connectivity index (χ4v) is 2.49. The highest BCUT2D eigenvalue weighted by atomic mass is 19.4. The summed E-state index contributed by atoms with van der Waals surface area (Å²) < 4.78 is 80.6. The number of carbonyl (C=O) groups excluding carboxylic acids is 1. The van der Waals surface area contributed by atoms with Crippen molar-refractivity contribution in [1.29, 1.82) is 0 Å². The van der Waals surface area contributed by atoms with Crippen LogP contribution in [0.15, 0.2) is 40.4 Å². The number of alkyl halides is 3. The Morgan fingerprint density at radius 2 is 1.79 bits per heavy atom. The second-order valence-electron chi connectivity index (χ2n) is 5.72. The van der Waals surface area contributed by atoms with Gasteiger partial charge in [0.1, 0.15) is 23.2 Å². The number of rotatable bonds is 5. The molecule has 0 saturated carbocycles. The molecule has 0 aromatic heterocycles. The Morgan fingerprint density at radius 3 is 2.31 bits per heavy atom. The van der Waals surface area contributed by atoms with Gasteiger partial charge in [0.05, 0.1) is 17.5 Å². The summed E-state index contributed by atoms with van der Waals surface area (Å²) in [5, 5.41) is 5.32. The molecule has 11 heteroatoms. The molecule has 2 aromatic carbocycles. The molecule has 154 valence electrons. The summed E-state index contributed by atoms with van der Waals surface area (Å²) in [6, 6.07) is 4.01. The average Bonchev–Trinajstić information content (AvgIpc) is 2.61. The topological polar surface area (TPSA) is 79.8 Å². The number of halogens is 6. The van der Waals surface area contributed by atoms with Gasteiger partial charge in [-0.3, -0.25) is 9.79 Å². The number of anilines is 1. The Balaban J connectivity index is 2.25. The Hall–Kier alpha value is -3.37. The number of aliphatic imine (C=N–C) groups is 1. The van der Waals surface area contributed by atoms with Gasteiger partial charge in [0.25, 0.3) is 0 Å². The number of hydrogen-bond donors (Lipinski definition) is 2. The maximum absolute atomic E-state index is 14.2. The number of amides is 1. The number of benzene rings is 2. The van der Waals surface area contributed by atoms with Gasteiger partial charge in [0.2, 0.25) is 5.91 Å². The first-order valence-electron chi connectivity index (χ1n) is 7.92. The van der Waals surface area contributed by atoms with Crippen LogP contribution in [0.4, 0.5) is 32.0 Å². The fourth-order valence-electron chi connectivity index (χ4n) is 2.49. The van der Waals surface area contributed by atoms with Crippen molar-refractivity contribution in [2.75, 3.05) is 12.4 Å². The summed E-state index contributed by atoms with van der Waals surface area (Å²) >= 11 is 0. The zero-order valence-electron chi connectivity index (χ0n) is 14.8. The zero-order valence-corrected chi connectivity index (χ0v) is 14.8. The lowest BCUT2D eigenvalue weighted by molar-refractivity contribution is -0.140. The Kier molecular flexibility index (Phi) is 6.62. The van der Waals surface area contributed by atoms with E-state index in [4.69, 9.17) is 5.84 Å². The van der Waals surface area contributed by atoms with Crippen LogP contribution in [0.1, 0.15) is 16.7 Å². The lowest BCUT2D eigenvalue weighted by atomic mass is 10.1. The molecule has 0 aliphatic carbocycles. The second-order valence-corrected chi connectivity index (χ2v) is 5.72. The van der Waals surface area contributed by atoms with Crippen molar-refractivity contribution in [2.24, 2.45) is 15.9 Å². The van der Waals surface area contributed by atoms with Crippen LogP contribution in [0, 0.1) is 17.5 Å². The molecular formula is C18H14F6N4O. The van der Waals surface area contributed by atoms with E-state index in [0.717, 1.165) is 30.5 Å². The zero-order chi connectivity index (χ0) is 21.8. The monoisotopic (exact) mass is 416 g/mol. The van der Waals surface area contributed by atoms with Gasteiger partial charge in [-0.2, -0.15) is 18.3 Å². The van der Waals surface area contributed by atoms with Gasteiger partial charge in [-0.25, -0.2) is 13.2 Å². The highest BCUT2D eigenvalue weighted by Crippen LogP contribution is 2.32. The maximum atomic E-state index is 14.2. The Morgan fingerprint density at radius 1 is 1.17 bits per heavy atom. The maximum Gasteiger partial charge on any atom is 0.419 e. The predicted molar refractivity (Wildman–Crippen MR) is 95.2 cm³/mol. The van der Waals surface area contributed by atoms with Gasteiger partial charge in [-0.05, 0) is 23.8 Å². The molecule has 0 atom stereocenters. The molecule has 0 bridgehead atoms. The summed E-state index contributed by atoms with van der Waals surface area (Å²) in [6.07, 6.45) is -4.68. The van der Waals surface area contributed by atoms with Crippen molar-refractivity contribution < 1.29 is 31.1 Å². The van der Waals surface area contributed by atoms with Crippen molar-refractivity contribution >= 4 is 23.5 Å². The molecule has 0 aliphatic rings. The minimum Gasteiger partial charge on any atom is -0.326 e. The van der Waals surface area contributed by atoms with Gasteiger partial charge >= 0.3 is 6.18 Å². The van der Waals surface area contributed by atoms with E-state index in [0.29, 0.717) is 6.07 Å². The normalized spacial score (nSPS) is 12.4. The lowest BCUT2D eigenvalue weighted by Crippen LogP contribution is -2.18.